The fourth-order valence-corrected chi connectivity index (χ4v) is 5.52. The van der Waals surface area contributed by atoms with Crippen LogP contribution in [0.25, 0.3) is 22.4 Å². The van der Waals surface area contributed by atoms with Gasteiger partial charge in [0.1, 0.15) is 17.0 Å². The summed E-state index contributed by atoms with van der Waals surface area (Å²) >= 11 is 0. The lowest BCUT2D eigenvalue weighted by Gasteiger charge is -2.29. The van der Waals surface area contributed by atoms with Crippen molar-refractivity contribution >= 4 is 18.0 Å². The minimum Gasteiger partial charge on any atom is -0.475 e. The Bertz CT molecular complexity index is 1680. The van der Waals surface area contributed by atoms with Crippen LogP contribution in [0.2, 0.25) is 0 Å². The van der Waals surface area contributed by atoms with Gasteiger partial charge in [0.2, 0.25) is 0 Å². The fraction of sp³-hybridized carbons (Fsp3) is 0.441. The van der Waals surface area contributed by atoms with Crippen molar-refractivity contribution in [3.05, 3.63) is 65.9 Å². The number of aromatic nitrogens is 1. The van der Waals surface area contributed by atoms with Crippen molar-refractivity contribution in [2.45, 2.75) is 57.9 Å². The van der Waals surface area contributed by atoms with Crippen LogP contribution in [-0.4, -0.2) is 90.1 Å². The number of hydrogen-bond acceptors (Lipinski definition) is 7. The molecule has 17 heteroatoms. The van der Waals surface area contributed by atoms with E-state index >= 15 is 0 Å². The Morgan fingerprint density at radius 1 is 0.980 bits per heavy atom. The lowest BCUT2D eigenvalue weighted by atomic mass is 9.99. The number of morpholine rings is 1. The minimum absolute atomic E-state index is 0.246. The van der Waals surface area contributed by atoms with Crippen LogP contribution in [0.1, 0.15) is 49.3 Å². The SMILES string of the molecule is CC(C)(C)OC(=O)NCC[C@H]1CNC(=O)c2cc(-c3cccc(OC(F)(F)F)c3)c(-c3ccc(CN4CCOCC4)cc3)n21.O=C(O)C(F)(F)F. The van der Waals surface area contributed by atoms with E-state index < -0.39 is 30.2 Å². The summed E-state index contributed by atoms with van der Waals surface area (Å²) < 4.78 is 87.8. The smallest absolute Gasteiger partial charge is 0.475 e. The Morgan fingerprint density at radius 2 is 1.63 bits per heavy atom. The van der Waals surface area contributed by atoms with Crippen molar-refractivity contribution in [2.75, 3.05) is 39.4 Å². The molecule has 278 valence electrons. The van der Waals surface area contributed by atoms with Crippen molar-refractivity contribution in [2.24, 2.45) is 0 Å². The van der Waals surface area contributed by atoms with Crippen molar-refractivity contribution < 1.29 is 60.0 Å². The highest BCUT2D eigenvalue weighted by atomic mass is 19.4. The second kappa shape index (κ2) is 16.1. The number of alkyl carbamates (subject to hydrolysis) is 1. The van der Waals surface area contributed by atoms with Crippen LogP contribution in [0.3, 0.4) is 0 Å². The summed E-state index contributed by atoms with van der Waals surface area (Å²) in [7, 11) is 0. The molecule has 2 aliphatic rings. The summed E-state index contributed by atoms with van der Waals surface area (Å²) in [5, 5.41) is 12.8. The number of carbonyl (C=O) groups excluding carboxylic acids is 2. The van der Waals surface area contributed by atoms with E-state index in [0.29, 0.717) is 48.7 Å². The highest BCUT2D eigenvalue weighted by molar-refractivity contribution is 5.98. The third-order valence-corrected chi connectivity index (χ3v) is 7.64. The number of aliphatic carboxylic acids is 1. The van der Waals surface area contributed by atoms with E-state index in [1.165, 1.54) is 18.2 Å². The molecule has 3 heterocycles. The number of carboxylic acids is 1. The Hall–Kier alpha value is -4.77. The van der Waals surface area contributed by atoms with Crippen LogP contribution in [-0.2, 0) is 20.8 Å². The molecule has 5 rings (SSSR count). The molecule has 1 atom stereocenters. The van der Waals surface area contributed by atoms with Gasteiger partial charge in [-0.05, 0) is 62.1 Å². The number of carboxylic acid groups (broad SMARTS) is 1. The molecule has 0 spiro atoms. The van der Waals surface area contributed by atoms with Crippen LogP contribution in [0.5, 0.6) is 5.75 Å². The number of hydrogen-bond donors (Lipinski definition) is 3. The lowest BCUT2D eigenvalue weighted by molar-refractivity contribution is -0.274. The quantitative estimate of drug-likeness (QED) is 0.228. The number of ether oxygens (including phenoxy) is 3. The van der Waals surface area contributed by atoms with Gasteiger partial charge in [0.25, 0.3) is 5.91 Å². The number of fused-ring (bicyclic) bond motifs is 1. The third kappa shape index (κ3) is 11.4. The van der Waals surface area contributed by atoms with Gasteiger partial charge in [-0.15, -0.1) is 13.2 Å². The number of halogens is 6. The van der Waals surface area contributed by atoms with E-state index in [0.717, 1.165) is 30.8 Å². The van der Waals surface area contributed by atoms with Gasteiger partial charge in [-0.1, -0.05) is 36.4 Å². The molecule has 0 saturated carbocycles. The highest BCUT2D eigenvalue weighted by Crippen LogP contribution is 2.41. The van der Waals surface area contributed by atoms with Gasteiger partial charge in [0.15, 0.2) is 0 Å². The standard InChI is InChI=1S/C32H37F3N4O5.C2HF3O2/c1-31(2,3)44-30(41)36-12-11-24-19-37-29(40)27-18-26(23-5-4-6-25(17-23)43-32(33,34)35)28(39(24)27)22-9-7-21(8-10-22)20-38-13-15-42-16-14-38;3-2(4,5)1(6)7/h4-10,17-18,24H,11-16,19-20H2,1-3H3,(H,36,41)(H,37,40);(H,6,7)/t24-;/m0./s1. The topological polar surface area (TPSA) is 131 Å². The van der Waals surface area contributed by atoms with Crippen molar-refractivity contribution in [3.8, 4) is 28.1 Å². The van der Waals surface area contributed by atoms with Gasteiger partial charge in [0, 0.05) is 38.3 Å². The van der Waals surface area contributed by atoms with Crippen molar-refractivity contribution in [3.63, 3.8) is 0 Å². The highest BCUT2D eigenvalue weighted by Gasteiger charge is 2.38. The second-order valence-electron chi connectivity index (χ2n) is 12.7. The predicted octanol–water partition coefficient (Wildman–Crippen LogP) is 6.39. The maximum atomic E-state index is 13.1. The monoisotopic (exact) mass is 728 g/mol. The molecule has 11 nitrogen and oxygen atoms in total. The first-order valence-corrected chi connectivity index (χ1v) is 15.9. The average Bonchev–Trinajstić information content (AvgIpc) is 3.43. The van der Waals surface area contributed by atoms with Gasteiger partial charge in [-0.25, -0.2) is 9.59 Å². The Kier molecular flexibility index (Phi) is 12.3. The number of rotatable bonds is 8. The first-order valence-electron chi connectivity index (χ1n) is 15.9. The molecule has 1 aromatic heterocycles. The summed E-state index contributed by atoms with van der Waals surface area (Å²) in [6.45, 7) is 9.80. The predicted molar refractivity (Wildman–Crippen MR) is 172 cm³/mol. The van der Waals surface area contributed by atoms with E-state index in [9.17, 15) is 35.9 Å². The van der Waals surface area contributed by atoms with Gasteiger partial charge in [-0.3, -0.25) is 9.69 Å². The normalized spacial score (nSPS) is 16.6. The number of nitrogens with one attached hydrogen (secondary N) is 2. The molecule has 3 aromatic rings. The average molecular weight is 729 g/mol. The molecule has 51 heavy (non-hydrogen) atoms. The van der Waals surface area contributed by atoms with Crippen LogP contribution in [0, 0.1) is 0 Å². The maximum absolute atomic E-state index is 13.1. The molecular weight excluding hydrogens is 690 g/mol. The summed E-state index contributed by atoms with van der Waals surface area (Å²) in [6.07, 6.45) is -9.99. The molecule has 1 fully saturated rings. The Morgan fingerprint density at radius 3 is 2.22 bits per heavy atom. The van der Waals surface area contributed by atoms with Crippen LogP contribution < -0.4 is 15.4 Å². The number of amides is 2. The van der Waals surface area contributed by atoms with Gasteiger partial charge < -0.3 is 34.5 Å². The molecule has 0 aliphatic carbocycles. The zero-order valence-corrected chi connectivity index (χ0v) is 28.0. The zero-order valence-electron chi connectivity index (χ0n) is 28.0. The fourth-order valence-electron chi connectivity index (χ4n) is 5.52. The van der Waals surface area contributed by atoms with E-state index in [4.69, 9.17) is 19.4 Å². The first kappa shape index (κ1) is 39.0. The zero-order chi connectivity index (χ0) is 37.6. The largest absolute Gasteiger partial charge is 0.573 e. The van der Waals surface area contributed by atoms with Crippen LogP contribution >= 0.6 is 0 Å². The van der Waals surface area contributed by atoms with E-state index in [1.54, 1.807) is 32.9 Å². The van der Waals surface area contributed by atoms with E-state index in [1.807, 2.05) is 28.8 Å². The molecule has 2 aromatic carbocycles. The minimum atomic E-state index is -5.08. The van der Waals surface area contributed by atoms with Gasteiger partial charge in [0.05, 0.1) is 24.9 Å². The summed E-state index contributed by atoms with van der Waals surface area (Å²) in [4.78, 5) is 36.6. The molecule has 2 aliphatic heterocycles. The molecule has 1 saturated heterocycles. The molecule has 3 N–H and O–H groups in total. The summed E-state index contributed by atoms with van der Waals surface area (Å²) in [5.41, 5.74) is 3.41. The third-order valence-electron chi connectivity index (χ3n) is 7.64. The molecule has 0 radical (unpaired) electrons. The number of benzene rings is 2. The van der Waals surface area contributed by atoms with Crippen molar-refractivity contribution in [1.29, 1.82) is 0 Å². The van der Waals surface area contributed by atoms with E-state index in [2.05, 4.69) is 20.3 Å². The molecule has 0 unspecified atom stereocenters. The number of carbonyl (C=O) groups is 3. The number of nitrogens with zero attached hydrogens (tertiary/aromatic N) is 2. The Balaban J connectivity index is 0.000000755. The van der Waals surface area contributed by atoms with Crippen LogP contribution in [0.4, 0.5) is 31.1 Å². The van der Waals surface area contributed by atoms with Crippen molar-refractivity contribution in [1.82, 2.24) is 20.1 Å². The summed E-state index contributed by atoms with van der Waals surface area (Å²) in [6, 6.07) is 15.2. The summed E-state index contributed by atoms with van der Waals surface area (Å²) in [5.74, 6) is -3.40. The lowest BCUT2D eigenvalue weighted by Crippen LogP contribution is -2.41. The van der Waals surface area contributed by atoms with Crippen LogP contribution in [0.15, 0.2) is 54.6 Å². The molecular formula is C34H38F6N4O7. The number of alkyl halides is 6. The molecule has 0 bridgehead atoms. The first-order chi connectivity index (χ1) is 23.8. The molecule has 2 amide bonds. The second-order valence-corrected chi connectivity index (χ2v) is 12.7. The van der Waals surface area contributed by atoms with E-state index in [-0.39, 0.29) is 24.2 Å². The maximum Gasteiger partial charge on any atom is 0.573 e. The van der Waals surface area contributed by atoms with Gasteiger partial charge in [-0.2, -0.15) is 13.2 Å². The van der Waals surface area contributed by atoms with Gasteiger partial charge >= 0.3 is 24.6 Å². The Labute approximate surface area is 289 Å².